The van der Waals surface area contributed by atoms with Gasteiger partial charge in [-0.05, 0) is 25.3 Å². The van der Waals surface area contributed by atoms with E-state index in [1.165, 1.54) is 12.8 Å². The Morgan fingerprint density at radius 2 is 2.43 bits per heavy atom. The van der Waals surface area contributed by atoms with Gasteiger partial charge in [-0.3, -0.25) is 0 Å². The van der Waals surface area contributed by atoms with Crippen LogP contribution in [0.3, 0.4) is 0 Å². The van der Waals surface area contributed by atoms with Crippen molar-refractivity contribution in [2.24, 2.45) is 0 Å². The second-order valence-electron chi connectivity index (χ2n) is 4.35. The van der Waals surface area contributed by atoms with Crippen molar-refractivity contribution in [1.29, 1.82) is 0 Å². The van der Waals surface area contributed by atoms with E-state index in [0.29, 0.717) is 11.8 Å². The summed E-state index contributed by atoms with van der Waals surface area (Å²) in [6.07, 6.45) is 2.46. The zero-order chi connectivity index (χ0) is 9.97. The lowest BCUT2D eigenvalue weighted by Crippen LogP contribution is -2.28. The van der Waals surface area contributed by atoms with E-state index in [2.05, 4.69) is 30.4 Å². The number of rotatable bonds is 2. The Kier molecular flexibility index (Phi) is 2.87. The zero-order valence-electron chi connectivity index (χ0n) is 8.92. The highest BCUT2D eigenvalue weighted by Crippen LogP contribution is 2.25. The highest BCUT2D eigenvalue weighted by Gasteiger charge is 2.20. The van der Waals surface area contributed by atoms with Crippen LogP contribution in [0, 0.1) is 0 Å². The third kappa shape index (κ3) is 1.98. The summed E-state index contributed by atoms with van der Waals surface area (Å²) in [5.74, 6) is 2.05. The first-order chi connectivity index (χ1) is 6.77. The molecule has 14 heavy (non-hydrogen) atoms. The van der Waals surface area contributed by atoms with E-state index in [9.17, 15) is 0 Å². The Balaban J connectivity index is 2.07. The van der Waals surface area contributed by atoms with E-state index in [0.717, 1.165) is 24.5 Å². The molecule has 1 atom stereocenters. The molecule has 0 bridgehead atoms. The van der Waals surface area contributed by atoms with Crippen LogP contribution in [0.5, 0.6) is 0 Å². The monoisotopic (exact) mass is 194 g/mol. The summed E-state index contributed by atoms with van der Waals surface area (Å²) in [6.45, 7) is 6.45. The molecule has 1 fully saturated rings. The van der Waals surface area contributed by atoms with Gasteiger partial charge >= 0.3 is 0 Å². The summed E-state index contributed by atoms with van der Waals surface area (Å²) in [5.41, 5.74) is 1.07. The van der Waals surface area contributed by atoms with Crippen molar-refractivity contribution in [1.82, 2.24) is 10.5 Å². The molecular weight excluding hydrogens is 176 g/mol. The molecule has 1 unspecified atom stereocenters. The van der Waals surface area contributed by atoms with E-state index < -0.39 is 0 Å². The fourth-order valence-corrected chi connectivity index (χ4v) is 1.86. The standard InChI is InChI=1S/C11H18N2O/c1-8(2)10-6-11(14-13-10)9-4-3-5-12-7-9/h6,8-9,12H,3-5,7H2,1-2H3. The number of piperidine rings is 1. The van der Waals surface area contributed by atoms with Crippen LogP contribution in [0.2, 0.25) is 0 Å². The summed E-state index contributed by atoms with van der Waals surface area (Å²) in [5, 5.41) is 7.47. The fourth-order valence-electron chi connectivity index (χ4n) is 1.86. The first-order valence-corrected chi connectivity index (χ1v) is 5.44. The predicted octanol–water partition coefficient (Wildman–Crippen LogP) is 2.26. The van der Waals surface area contributed by atoms with Crippen molar-refractivity contribution in [3.63, 3.8) is 0 Å². The Morgan fingerprint density at radius 1 is 1.57 bits per heavy atom. The molecule has 0 spiro atoms. The molecule has 0 radical (unpaired) electrons. The molecule has 3 nitrogen and oxygen atoms in total. The lowest BCUT2D eigenvalue weighted by molar-refractivity contribution is 0.325. The van der Waals surface area contributed by atoms with E-state index in [-0.39, 0.29) is 0 Å². The van der Waals surface area contributed by atoms with E-state index in [4.69, 9.17) is 4.52 Å². The topological polar surface area (TPSA) is 38.1 Å². The van der Waals surface area contributed by atoms with Gasteiger partial charge in [0.1, 0.15) is 5.76 Å². The lowest BCUT2D eigenvalue weighted by atomic mass is 9.96. The molecule has 1 aromatic heterocycles. The molecule has 0 amide bonds. The van der Waals surface area contributed by atoms with Crippen LogP contribution < -0.4 is 5.32 Å². The third-order valence-electron chi connectivity index (χ3n) is 2.84. The normalized spacial score (nSPS) is 22.9. The Labute approximate surface area is 84.9 Å². The molecule has 1 aliphatic heterocycles. The van der Waals surface area contributed by atoms with Gasteiger partial charge in [-0.25, -0.2) is 0 Å². The summed E-state index contributed by atoms with van der Waals surface area (Å²) >= 11 is 0. The summed E-state index contributed by atoms with van der Waals surface area (Å²) in [6, 6.07) is 2.11. The molecular formula is C11H18N2O. The number of nitrogens with one attached hydrogen (secondary N) is 1. The van der Waals surface area contributed by atoms with Gasteiger partial charge in [0.15, 0.2) is 0 Å². The van der Waals surface area contributed by atoms with Crippen LogP contribution >= 0.6 is 0 Å². The van der Waals surface area contributed by atoms with Gasteiger partial charge in [-0.15, -0.1) is 0 Å². The minimum absolute atomic E-state index is 0.462. The third-order valence-corrected chi connectivity index (χ3v) is 2.84. The van der Waals surface area contributed by atoms with Gasteiger partial charge in [0, 0.05) is 18.5 Å². The summed E-state index contributed by atoms with van der Waals surface area (Å²) in [4.78, 5) is 0. The fraction of sp³-hybridized carbons (Fsp3) is 0.727. The quantitative estimate of drug-likeness (QED) is 0.784. The van der Waals surface area contributed by atoms with Crippen molar-refractivity contribution in [3.8, 4) is 0 Å². The summed E-state index contributed by atoms with van der Waals surface area (Å²) in [7, 11) is 0. The van der Waals surface area contributed by atoms with Crippen molar-refractivity contribution < 1.29 is 4.52 Å². The van der Waals surface area contributed by atoms with Crippen LogP contribution in [0.1, 0.15) is 50.0 Å². The van der Waals surface area contributed by atoms with Gasteiger partial charge in [-0.1, -0.05) is 19.0 Å². The Bertz CT molecular complexity index is 287. The SMILES string of the molecule is CC(C)c1cc(C2CCCNC2)on1. The molecule has 0 aliphatic carbocycles. The molecule has 3 heteroatoms. The lowest BCUT2D eigenvalue weighted by Gasteiger charge is -2.19. The maximum absolute atomic E-state index is 5.38. The summed E-state index contributed by atoms with van der Waals surface area (Å²) < 4.78 is 5.38. The first-order valence-electron chi connectivity index (χ1n) is 5.44. The van der Waals surface area contributed by atoms with Gasteiger partial charge in [0.25, 0.3) is 0 Å². The van der Waals surface area contributed by atoms with E-state index in [1.807, 2.05) is 0 Å². The van der Waals surface area contributed by atoms with Crippen molar-refractivity contribution in [3.05, 3.63) is 17.5 Å². The van der Waals surface area contributed by atoms with Crippen molar-refractivity contribution in [2.75, 3.05) is 13.1 Å². The molecule has 2 rings (SSSR count). The second-order valence-corrected chi connectivity index (χ2v) is 4.35. The number of hydrogen-bond donors (Lipinski definition) is 1. The van der Waals surface area contributed by atoms with Gasteiger partial charge in [0.2, 0.25) is 0 Å². The molecule has 1 aromatic rings. The predicted molar refractivity (Wildman–Crippen MR) is 55.4 cm³/mol. The van der Waals surface area contributed by atoms with Crippen LogP contribution in [0.4, 0.5) is 0 Å². The van der Waals surface area contributed by atoms with Crippen LogP contribution in [-0.4, -0.2) is 18.2 Å². The number of aromatic nitrogens is 1. The Hall–Kier alpha value is -0.830. The van der Waals surface area contributed by atoms with Crippen molar-refractivity contribution in [2.45, 2.75) is 38.5 Å². The molecule has 1 N–H and O–H groups in total. The highest BCUT2D eigenvalue weighted by atomic mass is 16.5. The zero-order valence-corrected chi connectivity index (χ0v) is 8.92. The highest BCUT2D eigenvalue weighted by molar-refractivity contribution is 5.13. The largest absolute Gasteiger partial charge is 0.361 e. The smallest absolute Gasteiger partial charge is 0.141 e. The Morgan fingerprint density at radius 3 is 3.00 bits per heavy atom. The van der Waals surface area contributed by atoms with Gasteiger partial charge in [-0.2, -0.15) is 0 Å². The number of hydrogen-bond acceptors (Lipinski definition) is 3. The minimum atomic E-state index is 0.462. The average molecular weight is 194 g/mol. The maximum Gasteiger partial charge on any atom is 0.141 e. The molecule has 1 aliphatic rings. The van der Waals surface area contributed by atoms with Gasteiger partial charge < -0.3 is 9.84 Å². The maximum atomic E-state index is 5.38. The van der Waals surface area contributed by atoms with E-state index in [1.54, 1.807) is 0 Å². The number of nitrogens with zero attached hydrogens (tertiary/aromatic N) is 1. The second kappa shape index (κ2) is 4.13. The molecule has 2 heterocycles. The average Bonchev–Trinajstić information content (AvgIpc) is 2.68. The molecule has 0 aromatic carbocycles. The van der Waals surface area contributed by atoms with Gasteiger partial charge in [0.05, 0.1) is 5.69 Å². The molecule has 1 saturated heterocycles. The molecule has 78 valence electrons. The first kappa shape index (κ1) is 9.71. The van der Waals surface area contributed by atoms with E-state index >= 15 is 0 Å². The molecule has 0 saturated carbocycles. The van der Waals surface area contributed by atoms with Crippen LogP contribution in [-0.2, 0) is 0 Å². The minimum Gasteiger partial charge on any atom is -0.361 e. The van der Waals surface area contributed by atoms with Crippen molar-refractivity contribution >= 4 is 0 Å². The van der Waals surface area contributed by atoms with Crippen LogP contribution in [0.15, 0.2) is 10.6 Å². The van der Waals surface area contributed by atoms with Crippen LogP contribution in [0.25, 0.3) is 0 Å².